The van der Waals surface area contributed by atoms with E-state index in [1.807, 2.05) is 0 Å². The number of benzene rings is 4. The van der Waals surface area contributed by atoms with E-state index in [4.69, 9.17) is 22.2 Å². The summed E-state index contributed by atoms with van der Waals surface area (Å²) in [4.78, 5) is 37.6. The van der Waals surface area contributed by atoms with Crippen molar-refractivity contribution >= 4 is 48.9 Å². The summed E-state index contributed by atoms with van der Waals surface area (Å²) in [5.74, 6) is -5.72. The van der Waals surface area contributed by atoms with Crippen LogP contribution in [0.5, 0.6) is 17.2 Å². The average Bonchev–Trinajstić information content (AvgIpc) is 2.96. The standard InChI is InChI=1S/C26H18O13S2.CO2.O3S/c27-20-3-1-12(8-18(20)25(30)31)14-5-15(13-2-4-21(28)22(10-13)40(34,35)36)7-16(6-14)17-9-19(26(32)33)24(29)23(11-17)41(37,38)39;2-1-3;1-4(2)3/h1-11,27-29H,(H,30,31)(H,32,33)(H,34,35,36)(H,37,38,39);;. The Balaban J connectivity index is 0.00000105. The highest BCUT2D eigenvalue weighted by molar-refractivity contribution is 7.86. The van der Waals surface area contributed by atoms with Gasteiger partial charge in [-0.05, 0) is 88.0 Å². The van der Waals surface area contributed by atoms with Crippen LogP contribution in [0.2, 0.25) is 0 Å². The first-order chi connectivity index (χ1) is 22.1. The third-order valence-electron chi connectivity index (χ3n) is 5.98. The zero-order valence-corrected chi connectivity index (χ0v) is 25.6. The van der Waals surface area contributed by atoms with Gasteiger partial charge in [-0.25, -0.2) is 9.59 Å². The Labute approximate surface area is 270 Å². The van der Waals surface area contributed by atoms with Crippen molar-refractivity contribution in [3.8, 4) is 50.6 Å². The van der Waals surface area contributed by atoms with Crippen LogP contribution in [0.3, 0.4) is 0 Å². The first-order valence-electron chi connectivity index (χ1n) is 12.0. The Morgan fingerprint density at radius 1 is 0.542 bits per heavy atom. The lowest BCUT2D eigenvalue weighted by molar-refractivity contribution is -0.191. The van der Waals surface area contributed by atoms with Crippen molar-refractivity contribution in [1.29, 1.82) is 0 Å². The second-order valence-electron chi connectivity index (χ2n) is 8.93. The van der Waals surface area contributed by atoms with Crippen LogP contribution in [-0.4, -0.2) is 82.2 Å². The monoisotopic (exact) mass is 726 g/mol. The van der Waals surface area contributed by atoms with E-state index in [1.54, 1.807) is 0 Å². The van der Waals surface area contributed by atoms with E-state index in [0.29, 0.717) is 0 Å². The molecule has 0 amide bonds. The van der Waals surface area contributed by atoms with Crippen LogP contribution in [-0.2, 0) is 40.4 Å². The van der Waals surface area contributed by atoms with E-state index in [1.165, 1.54) is 30.3 Å². The second kappa shape index (κ2) is 15.1. The first kappa shape index (κ1) is 38.2. The number of aromatic carboxylic acids is 2. The van der Waals surface area contributed by atoms with Crippen LogP contribution in [0, 0.1) is 0 Å². The number of rotatable bonds is 7. The van der Waals surface area contributed by atoms with Gasteiger partial charge in [-0.15, -0.1) is 12.6 Å². The number of carbonyl (C=O) groups is 2. The summed E-state index contributed by atoms with van der Waals surface area (Å²) < 4.78 is 91.8. The molecule has 252 valence electrons. The maximum absolute atomic E-state index is 11.9. The third-order valence-corrected chi connectivity index (χ3v) is 7.73. The number of hydrogen-bond donors (Lipinski definition) is 7. The molecule has 0 heterocycles. The highest BCUT2D eigenvalue weighted by Gasteiger charge is 2.24. The fraction of sp³-hybridized carbons (Fsp3) is 0. The zero-order valence-electron chi connectivity index (χ0n) is 23.2. The number of carbonyl (C=O) groups excluding carboxylic acids is 2. The van der Waals surface area contributed by atoms with E-state index in [-0.39, 0.29) is 39.5 Å². The molecule has 48 heavy (non-hydrogen) atoms. The number of hydrogen-bond acceptors (Lipinski definition) is 14. The van der Waals surface area contributed by atoms with E-state index >= 15 is 0 Å². The van der Waals surface area contributed by atoms with E-state index in [9.17, 15) is 61.1 Å². The summed E-state index contributed by atoms with van der Waals surface area (Å²) >= 11 is 0. The fourth-order valence-corrected chi connectivity index (χ4v) is 5.29. The minimum absolute atomic E-state index is 0.0522. The maximum Gasteiger partial charge on any atom is 0.425 e. The number of phenols is 3. The number of carboxylic acids is 2. The maximum atomic E-state index is 11.9. The summed E-state index contributed by atoms with van der Waals surface area (Å²) in [7, 11) is -13.1. The van der Waals surface area contributed by atoms with Gasteiger partial charge >= 0.3 is 28.7 Å². The van der Waals surface area contributed by atoms with Gasteiger partial charge in [0, 0.05) is 0 Å². The minimum atomic E-state index is -5.12. The van der Waals surface area contributed by atoms with Crippen molar-refractivity contribution < 1.29 is 83.3 Å². The lowest BCUT2D eigenvalue weighted by Crippen LogP contribution is -2.05. The molecule has 0 saturated carbocycles. The van der Waals surface area contributed by atoms with Gasteiger partial charge < -0.3 is 25.5 Å². The SMILES string of the molecule is O=C(O)c1cc(-c2cc(-c3ccc(O)c(S(=O)(=O)O)c3)cc(-c3cc(C(=O)O)c(O)c(S(=O)(=O)O)c3)c2)ccc1O.O=C=O.O=S(=O)=O. The molecule has 21 heteroatoms. The smallest absolute Gasteiger partial charge is 0.425 e. The van der Waals surface area contributed by atoms with Crippen molar-refractivity contribution in [3.63, 3.8) is 0 Å². The Morgan fingerprint density at radius 2 is 0.875 bits per heavy atom. The fourth-order valence-electron chi connectivity index (χ4n) is 4.05. The lowest BCUT2D eigenvalue weighted by Gasteiger charge is -2.14. The van der Waals surface area contributed by atoms with Gasteiger partial charge in [-0.3, -0.25) is 9.11 Å². The van der Waals surface area contributed by atoms with Gasteiger partial charge in [0.05, 0.1) is 0 Å². The molecule has 0 atom stereocenters. The van der Waals surface area contributed by atoms with Crippen LogP contribution in [0.1, 0.15) is 20.7 Å². The van der Waals surface area contributed by atoms with E-state index in [0.717, 1.165) is 36.4 Å². The molecule has 7 N–H and O–H groups in total. The molecular weight excluding hydrogens is 708 g/mol. The summed E-state index contributed by atoms with van der Waals surface area (Å²) in [6, 6.07) is 12.6. The van der Waals surface area contributed by atoms with E-state index in [2.05, 4.69) is 0 Å². The molecule has 0 aliphatic rings. The molecular formula is C27H18O18S3. The molecule has 4 rings (SSSR count). The van der Waals surface area contributed by atoms with Gasteiger partial charge in [0.1, 0.15) is 32.4 Å². The molecule has 0 saturated heterocycles. The third kappa shape index (κ3) is 9.53. The zero-order chi connectivity index (χ0) is 36.7. The molecule has 0 radical (unpaired) electrons. The predicted octanol–water partition coefficient (Wildman–Crippen LogP) is 2.11. The number of carboxylic acid groups (broad SMARTS) is 2. The van der Waals surface area contributed by atoms with Crippen molar-refractivity contribution in [1.82, 2.24) is 0 Å². The van der Waals surface area contributed by atoms with Crippen molar-refractivity contribution in [3.05, 3.63) is 77.9 Å². The molecule has 0 aliphatic carbocycles. The Hall–Kier alpha value is -5.96. The Morgan fingerprint density at radius 3 is 1.29 bits per heavy atom. The van der Waals surface area contributed by atoms with Crippen LogP contribution in [0.25, 0.3) is 33.4 Å². The van der Waals surface area contributed by atoms with Crippen LogP contribution < -0.4 is 0 Å². The van der Waals surface area contributed by atoms with Crippen LogP contribution in [0.15, 0.2) is 76.5 Å². The van der Waals surface area contributed by atoms with Crippen molar-refractivity contribution in [2.75, 3.05) is 0 Å². The van der Waals surface area contributed by atoms with E-state index < -0.39 is 81.0 Å². The van der Waals surface area contributed by atoms with Gasteiger partial charge in [0.15, 0.2) is 5.75 Å². The van der Waals surface area contributed by atoms with Crippen molar-refractivity contribution in [2.45, 2.75) is 9.79 Å². The van der Waals surface area contributed by atoms with Gasteiger partial charge in [0.25, 0.3) is 20.2 Å². The van der Waals surface area contributed by atoms with Crippen LogP contribution >= 0.6 is 0 Å². The molecule has 4 aromatic rings. The van der Waals surface area contributed by atoms with Crippen LogP contribution in [0.4, 0.5) is 0 Å². The summed E-state index contributed by atoms with van der Waals surface area (Å²) in [6.45, 7) is 0. The summed E-state index contributed by atoms with van der Waals surface area (Å²) in [5.41, 5.74) is -0.798. The number of phenolic OH excluding ortho intramolecular Hbond substituents is 1. The molecule has 0 unspecified atom stereocenters. The average molecular weight is 727 g/mol. The molecule has 0 aromatic heterocycles. The second-order valence-corrected chi connectivity index (χ2v) is 12.1. The number of aromatic hydroxyl groups is 3. The van der Waals surface area contributed by atoms with Crippen molar-refractivity contribution in [2.24, 2.45) is 0 Å². The topological polar surface area (TPSA) is 329 Å². The van der Waals surface area contributed by atoms with Gasteiger partial charge in [-0.1, -0.05) is 12.1 Å². The highest BCUT2D eigenvalue weighted by Crippen LogP contribution is 2.39. The molecule has 18 nitrogen and oxygen atoms in total. The highest BCUT2D eigenvalue weighted by atomic mass is 32.2. The molecule has 0 aliphatic heterocycles. The molecule has 4 aromatic carbocycles. The normalized spacial score (nSPS) is 10.7. The largest absolute Gasteiger partial charge is 0.507 e. The Bertz CT molecular complexity index is 2300. The van der Waals surface area contributed by atoms with Gasteiger partial charge in [-0.2, -0.15) is 26.4 Å². The molecule has 0 spiro atoms. The molecule has 0 bridgehead atoms. The molecule has 0 fully saturated rings. The summed E-state index contributed by atoms with van der Waals surface area (Å²) in [5, 5.41) is 49.0. The quantitative estimate of drug-likeness (QED) is 0.134. The van der Waals surface area contributed by atoms with Gasteiger partial charge in [0.2, 0.25) is 0 Å². The summed E-state index contributed by atoms with van der Waals surface area (Å²) in [6.07, 6.45) is 0.250. The predicted molar refractivity (Wildman–Crippen MR) is 156 cm³/mol. The first-order valence-corrected chi connectivity index (χ1v) is 15.9. The lowest BCUT2D eigenvalue weighted by atomic mass is 9.92. The Kier molecular flexibility index (Phi) is 12.0. The minimum Gasteiger partial charge on any atom is -0.507 e.